The number of carbonyl (C=O) groups is 2. The average molecular weight is 291 g/mol. The van der Waals surface area contributed by atoms with E-state index in [2.05, 4.69) is 10.6 Å². The highest BCUT2D eigenvalue weighted by atomic mass is 35.5. The highest BCUT2D eigenvalue weighted by molar-refractivity contribution is 6.30. The molecule has 6 heteroatoms. The molecule has 0 aliphatic heterocycles. The Morgan fingerprint density at radius 1 is 0.950 bits per heavy atom. The smallest absolute Gasteiger partial charge is 0.326 e. The van der Waals surface area contributed by atoms with Crippen LogP contribution >= 0.6 is 11.6 Å². The maximum atomic E-state index is 11.8. The molecule has 0 spiro atoms. The zero-order chi connectivity index (χ0) is 14.5. The van der Waals surface area contributed by atoms with Crippen molar-refractivity contribution in [1.82, 2.24) is 5.32 Å². The Bertz CT molecular complexity index is 624. The number of rotatable bonds is 2. The summed E-state index contributed by atoms with van der Waals surface area (Å²) in [5, 5.41) is 14.3. The molecular weight excluding hydrogens is 280 g/mol. The van der Waals surface area contributed by atoms with E-state index in [1.54, 1.807) is 12.1 Å². The summed E-state index contributed by atoms with van der Waals surface area (Å²) in [7, 11) is 0. The lowest BCUT2D eigenvalue weighted by molar-refractivity contribution is 0.0967. The van der Waals surface area contributed by atoms with E-state index in [1.807, 2.05) is 0 Å². The van der Waals surface area contributed by atoms with Crippen molar-refractivity contribution in [1.29, 1.82) is 0 Å². The average Bonchev–Trinajstić information content (AvgIpc) is 2.42. The van der Waals surface area contributed by atoms with Gasteiger partial charge in [-0.15, -0.1) is 0 Å². The van der Waals surface area contributed by atoms with Gasteiger partial charge in [-0.05, 0) is 48.5 Å². The van der Waals surface area contributed by atoms with E-state index in [-0.39, 0.29) is 5.75 Å². The second-order valence-corrected chi connectivity index (χ2v) is 4.40. The number of urea groups is 1. The van der Waals surface area contributed by atoms with Crippen molar-refractivity contribution >= 4 is 29.2 Å². The summed E-state index contributed by atoms with van der Waals surface area (Å²) in [5.41, 5.74) is 0.791. The maximum Gasteiger partial charge on any atom is 0.326 e. The second kappa shape index (κ2) is 6.08. The van der Waals surface area contributed by atoms with Crippen LogP contribution in [0.2, 0.25) is 5.02 Å². The van der Waals surface area contributed by atoms with E-state index < -0.39 is 11.9 Å². The Morgan fingerprint density at radius 2 is 1.55 bits per heavy atom. The third-order valence-corrected chi connectivity index (χ3v) is 2.71. The first-order chi connectivity index (χ1) is 9.54. The van der Waals surface area contributed by atoms with Crippen molar-refractivity contribution < 1.29 is 14.7 Å². The number of amides is 3. The molecule has 3 N–H and O–H groups in total. The van der Waals surface area contributed by atoms with E-state index in [1.165, 1.54) is 36.4 Å². The van der Waals surface area contributed by atoms with E-state index in [4.69, 9.17) is 16.7 Å². The molecule has 0 radical (unpaired) electrons. The van der Waals surface area contributed by atoms with Gasteiger partial charge in [-0.25, -0.2) is 4.79 Å². The first kappa shape index (κ1) is 13.9. The molecule has 0 heterocycles. The predicted molar refractivity (Wildman–Crippen MR) is 76.0 cm³/mol. The number of halogens is 1. The number of imide groups is 1. The Kier molecular flexibility index (Phi) is 4.22. The van der Waals surface area contributed by atoms with E-state index in [9.17, 15) is 9.59 Å². The molecule has 20 heavy (non-hydrogen) atoms. The van der Waals surface area contributed by atoms with Crippen molar-refractivity contribution in [3.8, 4) is 5.75 Å². The summed E-state index contributed by atoms with van der Waals surface area (Å²) in [4.78, 5) is 23.4. The molecule has 0 fully saturated rings. The number of phenols is 1. The number of hydrogen-bond donors (Lipinski definition) is 3. The fourth-order valence-corrected chi connectivity index (χ4v) is 1.61. The van der Waals surface area contributed by atoms with E-state index in [0.29, 0.717) is 16.3 Å². The first-order valence-corrected chi connectivity index (χ1v) is 6.09. The normalized spacial score (nSPS) is 9.85. The van der Waals surface area contributed by atoms with Crippen molar-refractivity contribution in [2.75, 3.05) is 5.32 Å². The molecule has 0 bridgehead atoms. The summed E-state index contributed by atoms with van der Waals surface area (Å²) >= 11 is 5.71. The predicted octanol–water partition coefficient (Wildman–Crippen LogP) is 3.01. The molecule has 102 valence electrons. The lowest BCUT2D eigenvalue weighted by Crippen LogP contribution is -2.34. The van der Waals surface area contributed by atoms with Gasteiger partial charge in [0.05, 0.1) is 0 Å². The number of carbonyl (C=O) groups excluding carboxylic acids is 2. The standard InChI is InChI=1S/C14H11ClN2O3/c15-10-3-1-9(2-4-10)13(19)17-14(20)16-11-5-7-12(18)8-6-11/h1-8,18H,(H2,16,17,19,20). The number of anilines is 1. The number of phenolic OH excluding ortho intramolecular Hbond substituents is 1. The molecule has 5 nitrogen and oxygen atoms in total. The Hall–Kier alpha value is -2.53. The third kappa shape index (κ3) is 3.73. The van der Waals surface area contributed by atoms with Crippen molar-refractivity contribution in [2.45, 2.75) is 0 Å². The van der Waals surface area contributed by atoms with Crippen LogP contribution in [0.25, 0.3) is 0 Å². The first-order valence-electron chi connectivity index (χ1n) is 5.71. The third-order valence-electron chi connectivity index (χ3n) is 2.46. The lowest BCUT2D eigenvalue weighted by atomic mass is 10.2. The van der Waals surface area contributed by atoms with Crippen LogP contribution < -0.4 is 10.6 Å². The zero-order valence-electron chi connectivity index (χ0n) is 10.3. The van der Waals surface area contributed by atoms with Gasteiger partial charge in [0.2, 0.25) is 0 Å². The maximum absolute atomic E-state index is 11.8. The van der Waals surface area contributed by atoms with Gasteiger partial charge in [0.15, 0.2) is 0 Å². The van der Waals surface area contributed by atoms with Crippen molar-refractivity contribution in [3.63, 3.8) is 0 Å². The lowest BCUT2D eigenvalue weighted by Gasteiger charge is -2.06. The minimum Gasteiger partial charge on any atom is -0.508 e. The molecular formula is C14H11ClN2O3. The van der Waals surface area contributed by atoms with Gasteiger partial charge in [-0.1, -0.05) is 11.6 Å². The van der Waals surface area contributed by atoms with Crippen LogP contribution in [0.4, 0.5) is 10.5 Å². The summed E-state index contributed by atoms with van der Waals surface area (Å²) in [6.07, 6.45) is 0. The molecule has 2 aromatic rings. The molecule has 0 aliphatic carbocycles. The summed E-state index contributed by atoms with van der Waals surface area (Å²) in [5.74, 6) is -0.439. The fraction of sp³-hybridized carbons (Fsp3) is 0. The molecule has 2 rings (SSSR count). The van der Waals surface area contributed by atoms with E-state index >= 15 is 0 Å². The van der Waals surface area contributed by atoms with Gasteiger partial charge in [-0.3, -0.25) is 10.1 Å². The van der Waals surface area contributed by atoms with Crippen LogP contribution in [-0.2, 0) is 0 Å². The summed E-state index contributed by atoms with van der Waals surface area (Å²) in [6.45, 7) is 0. The van der Waals surface area contributed by atoms with Gasteiger partial charge in [0.25, 0.3) is 5.91 Å². The van der Waals surface area contributed by atoms with Gasteiger partial charge >= 0.3 is 6.03 Å². The van der Waals surface area contributed by atoms with Gasteiger partial charge < -0.3 is 10.4 Å². The van der Waals surface area contributed by atoms with Gasteiger partial charge in [-0.2, -0.15) is 0 Å². The molecule has 0 unspecified atom stereocenters. The van der Waals surface area contributed by atoms with Crippen LogP contribution in [0, 0.1) is 0 Å². The van der Waals surface area contributed by atoms with Gasteiger partial charge in [0.1, 0.15) is 5.75 Å². The Labute approximate surface area is 120 Å². The van der Waals surface area contributed by atoms with Gasteiger partial charge in [0, 0.05) is 16.3 Å². The SMILES string of the molecule is O=C(NC(=O)c1ccc(Cl)cc1)Nc1ccc(O)cc1. The molecule has 0 saturated heterocycles. The minimum absolute atomic E-state index is 0.0909. The van der Waals surface area contributed by atoms with Crippen LogP contribution in [0.1, 0.15) is 10.4 Å². The zero-order valence-corrected chi connectivity index (χ0v) is 11.0. The number of nitrogens with one attached hydrogen (secondary N) is 2. The second-order valence-electron chi connectivity index (χ2n) is 3.96. The Morgan fingerprint density at radius 3 is 2.15 bits per heavy atom. The van der Waals surface area contributed by atoms with Crippen LogP contribution in [0.15, 0.2) is 48.5 Å². The Balaban J connectivity index is 1.95. The molecule has 2 aromatic carbocycles. The summed E-state index contributed by atoms with van der Waals surface area (Å²) < 4.78 is 0. The van der Waals surface area contributed by atoms with E-state index in [0.717, 1.165) is 0 Å². The number of aromatic hydroxyl groups is 1. The van der Waals surface area contributed by atoms with Crippen LogP contribution in [0.3, 0.4) is 0 Å². The molecule has 0 aliphatic rings. The van der Waals surface area contributed by atoms with Crippen LogP contribution in [0.5, 0.6) is 5.75 Å². The number of benzene rings is 2. The topological polar surface area (TPSA) is 78.4 Å². The molecule has 3 amide bonds. The highest BCUT2D eigenvalue weighted by Crippen LogP contribution is 2.13. The monoisotopic (exact) mass is 290 g/mol. The fourth-order valence-electron chi connectivity index (χ4n) is 1.48. The number of hydrogen-bond acceptors (Lipinski definition) is 3. The van der Waals surface area contributed by atoms with Crippen LogP contribution in [-0.4, -0.2) is 17.0 Å². The molecule has 0 aromatic heterocycles. The molecule has 0 atom stereocenters. The highest BCUT2D eigenvalue weighted by Gasteiger charge is 2.10. The largest absolute Gasteiger partial charge is 0.508 e. The van der Waals surface area contributed by atoms with Crippen molar-refractivity contribution in [2.24, 2.45) is 0 Å². The summed E-state index contributed by atoms with van der Waals surface area (Å²) in [6, 6.07) is 11.4. The quantitative estimate of drug-likeness (QED) is 0.744. The minimum atomic E-state index is -0.657. The molecule has 0 saturated carbocycles. The van der Waals surface area contributed by atoms with Crippen molar-refractivity contribution in [3.05, 3.63) is 59.1 Å².